The zero-order chi connectivity index (χ0) is 9.19. The second kappa shape index (κ2) is 2.92. The van der Waals surface area contributed by atoms with Gasteiger partial charge in [0.1, 0.15) is 6.33 Å². The largest absolute Gasteiger partial charge is 0.372 e. The molecule has 1 heterocycles. The zero-order valence-corrected chi connectivity index (χ0v) is 7.07. The first-order valence-corrected chi connectivity index (χ1v) is 3.55. The van der Waals surface area contributed by atoms with Crippen molar-refractivity contribution in [3.63, 3.8) is 0 Å². The minimum Gasteiger partial charge on any atom is -0.372 e. The molecular weight excluding hydrogens is 152 g/mol. The van der Waals surface area contributed by atoms with Crippen LogP contribution in [0.25, 0.3) is 0 Å². The molecular formula is C9H10N2O. The highest BCUT2D eigenvalue weighted by Crippen LogP contribution is 2.16. The van der Waals surface area contributed by atoms with E-state index in [2.05, 4.69) is 15.9 Å². The maximum Gasteiger partial charge on any atom is 0.164 e. The summed E-state index contributed by atoms with van der Waals surface area (Å²) < 4.78 is 0. The van der Waals surface area contributed by atoms with Crippen molar-refractivity contribution in [1.82, 2.24) is 9.97 Å². The van der Waals surface area contributed by atoms with Crippen molar-refractivity contribution >= 4 is 0 Å². The van der Waals surface area contributed by atoms with Gasteiger partial charge in [-0.1, -0.05) is 5.92 Å². The smallest absolute Gasteiger partial charge is 0.164 e. The molecule has 62 valence electrons. The molecule has 0 fully saturated rings. The van der Waals surface area contributed by atoms with Gasteiger partial charge in [-0.3, -0.25) is 0 Å². The molecule has 3 heteroatoms. The van der Waals surface area contributed by atoms with Gasteiger partial charge in [-0.05, 0) is 19.9 Å². The van der Waals surface area contributed by atoms with E-state index in [1.54, 1.807) is 6.07 Å². The quantitative estimate of drug-likeness (QED) is 0.616. The van der Waals surface area contributed by atoms with Crippen LogP contribution in [0.5, 0.6) is 0 Å². The Bertz CT molecular complexity index is 326. The highest BCUT2D eigenvalue weighted by Gasteiger charge is 2.21. The molecule has 1 aromatic rings. The van der Waals surface area contributed by atoms with Crippen LogP contribution < -0.4 is 0 Å². The number of nitrogens with zero attached hydrogens (tertiary/aromatic N) is 2. The van der Waals surface area contributed by atoms with Gasteiger partial charge in [-0.2, -0.15) is 0 Å². The van der Waals surface area contributed by atoms with Gasteiger partial charge in [0.25, 0.3) is 0 Å². The summed E-state index contributed by atoms with van der Waals surface area (Å²) in [5.41, 5.74) is -0.0544. The first-order valence-electron chi connectivity index (χ1n) is 3.55. The van der Waals surface area contributed by atoms with E-state index in [0.29, 0.717) is 5.69 Å². The van der Waals surface area contributed by atoms with Gasteiger partial charge < -0.3 is 5.11 Å². The molecule has 1 aromatic heterocycles. The maximum absolute atomic E-state index is 9.59. The van der Waals surface area contributed by atoms with Gasteiger partial charge in [0.15, 0.2) is 5.60 Å². The summed E-state index contributed by atoms with van der Waals surface area (Å²) in [5, 5.41) is 9.59. The fourth-order valence-corrected chi connectivity index (χ4v) is 0.795. The standard InChI is InChI=1S/C9H10N2O/c1-4-9(3,12)8-5-7(2)10-6-11-8/h1,5-6,12H,2-3H3/t9-/m0/s1. The third-order valence-corrected chi connectivity index (χ3v) is 1.58. The Morgan fingerprint density at radius 2 is 2.25 bits per heavy atom. The topological polar surface area (TPSA) is 46.0 Å². The number of rotatable bonds is 1. The van der Waals surface area contributed by atoms with Crippen molar-refractivity contribution in [2.75, 3.05) is 0 Å². The lowest BCUT2D eigenvalue weighted by Crippen LogP contribution is -2.20. The normalized spacial score (nSPS) is 14.8. The van der Waals surface area contributed by atoms with Crippen LogP contribution in [0.1, 0.15) is 18.3 Å². The molecule has 0 saturated heterocycles. The monoisotopic (exact) mass is 162 g/mol. The van der Waals surface area contributed by atoms with E-state index in [4.69, 9.17) is 6.42 Å². The first-order chi connectivity index (χ1) is 5.56. The molecule has 0 aromatic carbocycles. The molecule has 1 rings (SSSR count). The molecule has 0 radical (unpaired) electrons. The van der Waals surface area contributed by atoms with E-state index < -0.39 is 5.60 Å². The minimum absolute atomic E-state index is 0.456. The van der Waals surface area contributed by atoms with Gasteiger partial charge in [-0.25, -0.2) is 9.97 Å². The SMILES string of the molecule is C#C[C@](C)(O)c1cc(C)ncn1. The number of terminal acetylenes is 1. The van der Waals surface area contributed by atoms with Crippen LogP contribution >= 0.6 is 0 Å². The van der Waals surface area contributed by atoms with Crippen LogP contribution in [0.4, 0.5) is 0 Å². The van der Waals surface area contributed by atoms with E-state index in [1.165, 1.54) is 13.3 Å². The van der Waals surface area contributed by atoms with E-state index in [-0.39, 0.29) is 0 Å². The highest BCUT2D eigenvalue weighted by molar-refractivity contribution is 5.23. The molecule has 1 atom stereocenters. The van der Waals surface area contributed by atoms with Gasteiger partial charge in [-0.15, -0.1) is 6.42 Å². The number of hydrogen-bond donors (Lipinski definition) is 1. The molecule has 0 aliphatic rings. The Hall–Kier alpha value is -1.40. The molecule has 0 spiro atoms. The molecule has 1 N–H and O–H groups in total. The molecule has 0 amide bonds. The van der Waals surface area contributed by atoms with E-state index >= 15 is 0 Å². The summed E-state index contributed by atoms with van der Waals surface area (Å²) in [5.74, 6) is 2.25. The number of aliphatic hydroxyl groups is 1. The van der Waals surface area contributed by atoms with Gasteiger partial charge in [0.05, 0.1) is 5.69 Å². The van der Waals surface area contributed by atoms with Crippen molar-refractivity contribution in [3.8, 4) is 12.3 Å². The summed E-state index contributed by atoms with van der Waals surface area (Å²) in [6.45, 7) is 3.34. The number of aryl methyl sites for hydroxylation is 1. The third-order valence-electron chi connectivity index (χ3n) is 1.58. The average Bonchev–Trinajstić information content (AvgIpc) is 2.05. The molecule has 0 unspecified atom stereocenters. The summed E-state index contributed by atoms with van der Waals surface area (Å²) in [4.78, 5) is 7.78. The van der Waals surface area contributed by atoms with Crippen molar-refractivity contribution in [2.45, 2.75) is 19.4 Å². The molecule has 0 aliphatic carbocycles. The van der Waals surface area contributed by atoms with Crippen molar-refractivity contribution in [3.05, 3.63) is 23.8 Å². The number of hydrogen-bond acceptors (Lipinski definition) is 3. The predicted octanol–water partition coefficient (Wildman–Crippen LogP) is 0.626. The van der Waals surface area contributed by atoms with Gasteiger partial charge >= 0.3 is 0 Å². The van der Waals surface area contributed by atoms with Crippen LogP contribution in [0, 0.1) is 19.3 Å². The van der Waals surface area contributed by atoms with Crippen LogP contribution in [0.2, 0.25) is 0 Å². The molecule has 0 saturated carbocycles. The fourth-order valence-electron chi connectivity index (χ4n) is 0.795. The Kier molecular flexibility index (Phi) is 2.11. The molecule has 0 aliphatic heterocycles. The Balaban J connectivity index is 3.14. The number of aromatic nitrogens is 2. The molecule has 3 nitrogen and oxygen atoms in total. The van der Waals surface area contributed by atoms with E-state index in [0.717, 1.165) is 5.69 Å². The lowest BCUT2D eigenvalue weighted by atomic mass is 10.0. The van der Waals surface area contributed by atoms with Crippen molar-refractivity contribution in [2.24, 2.45) is 0 Å². The maximum atomic E-state index is 9.59. The molecule has 12 heavy (non-hydrogen) atoms. The summed E-state index contributed by atoms with van der Waals surface area (Å²) in [6, 6.07) is 1.67. The van der Waals surface area contributed by atoms with Gasteiger partial charge in [0, 0.05) is 5.69 Å². The van der Waals surface area contributed by atoms with Crippen LogP contribution in [0.3, 0.4) is 0 Å². The summed E-state index contributed by atoms with van der Waals surface area (Å²) in [6.07, 6.45) is 6.51. The van der Waals surface area contributed by atoms with Crippen molar-refractivity contribution in [1.29, 1.82) is 0 Å². The second-order valence-corrected chi connectivity index (χ2v) is 2.76. The third kappa shape index (κ3) is 1.60. The first kappa shape index (κ1) is 8.69. The van der Waals surface area contributed by atoms with Crippen molar-refractivity contribution < 1.29 is 5.11 Å². The molecule has 0 bridgehead atoms. The van der Waals surface area contributed by atoms with Crippen LogP contribution in [0.15, 0.2) is 12.4 Å². The van der Waals surface area contributed by atoms with Crippen LogP contribution in [-0.2, 0) is 5.60 Å². The Morgan fingerprint density at radius 3 is 2.75 bits per heavy atom. The zero-order valence-electron chi connectivity index (χ0n) is 7.07. The lowest BCUT2D eigenvalue weighted by Gasteiger charge is -2.14. The van der Waals surface area contributed by atoms with E-state index in [1.807, 2.05) is 6.92 Å². The Morgan fingerprint density at radius 1 is 1.58 bits per heavy atom. The highest BCUT2D eigenvalue weighted by atomic mass is 16.3. The summed E-state index contributed by atoms with van der Waals surface area (Å²) >= 11 is 0. The lowest BCUT2D eigenvalue weighted by molar-refractivity contribution is 0.117. The average molecular weight is 162 g/mol. The van der Waals surface area contributed by atoms with E-state index in [9.17, 15) is 5.11 Å². The summed E-state index contributed by atoms with van der Waals surface area (Å²) in [7, 11) is 0. The second-order valence-electron chi connectivity index (χ2n) is 2.76. The van der Waals surface area contributed by atoms with Gasteiger partial charge in [0.2, 0.25) is 0 Å². The Labute approximate surface area is 71.5 Å². The minimum atomic E-state index is -1.30. The predicted molar refractivity (Wildman–Crippen MR) is 45.2 cm³/mol. The van der Waals surface area contributed by atoms with Crippen LogP contribution in [-0.4, -0.2) is 15.1 Å². The fraction of sp³-hybridized carbons (Fsp3) is 0.333.